The van der Waals surface area contributed by atoms with E-state index in [4.69, 9.17) is 0 Å². The Balaban J connectivity index is 5.10. The van der Waals surface area contributed by atoms with Crippen LogP contribution in [0.15, 0.2) is 0 Å². The average Bonchev–Trinajstić information content (AvgIpc) is 2.61. The summed E-state index contributed by atoms with van der Waals surface area (Å²) in [5.74, 6) is -5.51. The molecule has 28 heavy (non-hydrogen) atoms. The number of halogens is 4. The average molecular weight is 420 g/mol. The maximum absolute atomic E-state index is 12.1. The third kappa shape index (κ3) is 10.1. The van der Waals surface area contributed by atoms with Crippen LogP contribution in [0.5, 0.6) is 0 Å². The Morgan fingerprint density at radius 3 is 1.21 bits per heavy atom. The third-order valence-corrected chi connectivity index (χ3v) is 2.75. The Morgan fingerprint density at radius 1 is 0.607 bits per heavy atom. The predicted octanol–water partition coefficient (Wildman–Crippen LogP) is -0.316. The minimum atomic E-state index is -1.87. The van der Waals surface area contributed by atoms with Crippen LogP contribution in [0.2, 0.25) is 0 Å². The molecule has 0 unspecified atom stereocenters. The van der Waals surface area contributed by atoms with E-state index in [1.54, 1.807) is 10.6 Å². The number of esters is 4. The number of hydrogen-bond donors (Lipinski definition) is 2. The molecular weight excluding hydrogens is 404 g/mol. The van der Waals surface area contributed by atoms with Gasteiger partial charge < -0.3 is 29.6 Å². The number of nitrogens with one attached hydrogen (secondary N) is 2. The molecule has 11 nitrogen and oxygen atoms in total. The van der Waals surface area contributed by atoms with Crippen molar-refractivity contribution in [2.45, 2.75) is 24.9 Å². The number of carbonyl (C=O) groups excluding carboxylic acids is 5. The number of alkyl halides is 4. The molecule has 2 N–H and O–H groups in total. The van der Waals surface area contributed by atoms with Crippen LogP contribution in [-0.4, -0.2) is 69.4 Å². The van der Waals surface area contributed by atoms with Gasteiger partial charge in [0.05, 0.1) is 12.8 Å². The Morgan fingerprint density at radius 2 is 0.929 bits per heavy atom. The van der Waals surface area contributed by atoms with E-state index in [1.165, 1.54) is 0 Å². The third-order valence-electron chi connectivity index (χ3n) is 2.75. The minimum absolute atomic E-state index is 0.973. The Labute approximate surface area is 154 Å². The van der Waals surface area contributed by atoms with Crippen LogP contribution < -0.4 is 10.6 Å². The highest BCUT2D eigenvalue weighted by Gasteiger charge is 2.30. The fraction of sp³-hybridized carbons (Fsp3) is 0.615. The summed E-state index contributed by atoms with van der Waals surface area (Å²) in [7, 11) is 0. The predicted molar refractivity (Wildman–Crippen MR) is 76.7 cm³/mol. The first-order valence-corrected chi connectivity index (χ1v) is 7.24. The summed E-state index contributed by atoms with van der Waals surface area (Å²) >= 11 is 0. The van der Waals surface area contributed by atoms with Crippen LogP contribution >= 0.6 is 0 Å². The summed E-state index contributed by atoms with van der Waals surface area (Å²) in [5.41, 5.74) is 0. The lowest BCUT2D eigenvalue weighted by atomic mass is 10.2. The van der Waals surface area contributed by atoms with Gasteiger partial charge in [-0.3, -0.25) is 9.59 Å². The van der Waals surface area contributed by atoms with Gasteiger partial charge in [0.1, 0.15) is 12.1 Å². The maximum Gasteiger partial charge on any atom is 0.331 e. The number of ether oxygens (including phenoxy) is 4. The molecule has 0 aromatic heterocycles. The van der Waals surface area contributed by atoms with Gasteiger partial charge in [0.15, 0.2) is 0 Å². The smallest absolute Gasteiger partial charge is 0.331 e. The second-order valence-corrected chi connectivity index (χ2v) is 4.53. The molecule has 0 saturated heterocycles. The van der Waals surface area contributed by atoms with Crippen molar-refractivity contribution in [3.8, 4) is 0 Å². The van der Waals surface area contributed by atoms with E-state index in [1.807, 2.05) is 0 Å². The molecule has 0 aliphatic rings. The molecule has 2 atom stereocenters. The van der Waals surface area contributed by atoms with Crippen LogP contribution in [-0.2, 0) is 38.1 Å². The van der Waals surface area contributed by atoms with Gasteiger partial charge in [0.25, 0.3) is 0 Å². The van der Waals surface area contributed by atoms with Crippen molar-refractivity contribution in [1.82, 2.24) is 10.6 Å². The van der Waals surface area contributed by atoms with Crippen molar-refractivity contribution in [2.75, 3.05) is 27.4 Å². The number of hydrogen-bond acceptors (Lipinski definition) is 9. The van der Waals surface area contributed by atoms with Crippen molar-refractivity contribution >= 4 is 29.9 Å². The zero-order chi connectivity index (χ0) is 21.5. The van der Waals surface area contributed by atoms with Gasteiger partial charge >= 0.3 is 29.9 Å². The largest absolute Gasteiger partial charge is 0.434 e. The van der Waals surface area contributed by atoms with Crippen LogP contribution in [0.3, 0.4) is 0 Å². The quantitative estimate of drug-likeness (QED) is 0.246. The van der Waals surface area contributed by atoms with Crippen LogP contribution in [0.25, 0.3) is 0 Å². The molecular formula is C13H16F4N2O9. The van der Waals surface area contributed by atoms with E-state index in [2.05, 4.69) is 18.9 Å². The van der Waals surface area contributed by atoms with Gasteiger partial charge in [-0.05, 0) is 0 Å². The summed E-state index contributed by atoms with van der Waals surface area (Å²) in [6.45, 7) is -6.30. The van der Waals surface area contributed by atoms with E-state index in [-0.39, 0.29) is 0 Å². The molecule has 0 fully saturated rings. The van der Waals surface area contributed by atoms with Crippen molar-refractivity contribution in [2.24, 2.45) is 0 Å². The summed E-state index contributed by atoms with van der Waals surface area (Å²) in [4.78, 5) is 57.4. The van der Waals surface area contributed by atoms with E-state index in [0.29, 0.717) is 0 Å². The van der Waals surface area contributed by atoms with E-state index >= 15 is 0 Å². The summed E-state index contributed by atoms with van der Waals surface area (Å²) < 4.78 is 63.9. The van der Waals surface area contributed by atoms with Crippen molar-refractivity contribution < 1.29 is 60.5 Å². The van der Waals surface area contributed by atoms with Crippen LogP contribution in [0.4, 0.5) is 22.4 Å². The molecule has 0 aliphatic carbocycles. The molecule has 0 spiro atoms. The monoisotopic (exact) mass is 420 g/mol. The normalized spacial score (nSPS) is 12.1. The highest BCUT2D eigenvalue weighted by molar-refractivity contribution is 5.90. The Hall–Kier alpha value is -3.13. The number of urea groups is 1. The van der Waals surface area contributed by atoms with Gasteiger partial charge in [-0.2, -0.15) is 0 Å². The fourth-order valence-corrected chi connectivity index (χ4v) is 1.63. The lowest BCUT2D eigenvalue weighted by Gasteiger charge is -2.19. The zero-order valence-corrected chi connectivity index (χ0v) is 14.1. The number of rotatable bonds is 12. The van der Waals surface area contributed by atoms with Gasteiger partial charge in [-0.1, -0.05) is 0 Å². The van der Waals surface area contributed by atoms with Crippen molar-refractivity contribution in [3.05, 3.63) is 0 Å². The molecule has 15 heteroatoms. The topological polar surface area (TPSA) is 146 Å². The van der Waals surface area contributed by atoms with Crippen LogP contribution in [0, 0.1) is 0 Å². The Bertz CT molecular complexity index is 518. The SMILES string of the molecule is O=C(N[C@@H](CC(=O)OCF)C(=O)OCF)N[C@@H](CC(=O)OCF)C(=O)OCF. The second kappa shape index (κ2) is 14.0. The maximum atomic E-state index is 12.1. The molecule has 0 aliphatic heterocycles. The molecule has 0 rings (SSSR count). The first kappa shape index (κ1) is 24.9. The van der Waals surface area contributed by atoms with Gasteiger partial charge in [-0.15, -0.1) is 0 Å². The van der Waals surface area contributed by atoms with Crippen molar-refractivity contribution in [3.63, 3.8) is 0 Å². The molecule has 160 valence electrons. The van der Waals surface area contributed by atoms with E-state index < -0.39 is 82.3 Å². The molecule has 0 bridgehead atoms. The van der Waals surface area contributed by atoms with Crippen molar-refractivity contribution in [1.29, 1.82) is 0 Å². The number of carbonyl (C=O) groups is 5. The van der Waals surface area contributed by atoms with E-state index in [0.717, 1.165) is 0 Å². The first-order valence-electron chi connectivity index (χ1n) is 7.24. The van der Waals surface area contributed by atoms with Gasteiger partial charge in [-0.25, -0.2) is 31.9 Å². The summed E-state index contributed by atoms with van der Waals surface area (Å²) in [6, 6.07) is -5.14. The highest BCUT2D eigenvalue weighted by Crippen LogP contribution is 2.03. The molecule has 0 radical (unpaired) electrons. The standard InChI is InChI=1S/C13H16F4N2O9/c14-3-25-9(20)1-7(11(22)27-5-16)18-13(24)19-8(12(23)28-6-17)2-10(21)26-4-15/h7-8H,1-6H2,(H2,18,19,24)/t7-,8-/m0/s1. The summed E-state index contributed by atoms with van der Waals surface area (Å²) in [5, 5.41) is 3.56. The first-order chi connectivity index (χ1) is 13.3. The fourth-order valence-electron chi connectivity index (χ4n) is 1.63. The lowest BCUT2D eigenvalue weighted by molar-refractivity contribution is -0.157. The molecule has 0 aromatic carbocycles. The number of amides is 2. The van der Waals surface area contributed by atoms with Gasteiger partial charge in [0.2, 0.25) is 27.4 Å². The molecule has 0 aromatic rings. The Kier molecular flexibility index (Phi) is 12.4. The molecule has 2 amide bonds. The highest BCUT2D eigenvalue weighted by atomic mass is 19.1. The minimum Gasteiger partial charge on any atom is -0.434 e. The van der Waals surface area contributed by atoms with Gasteiger partial charge in [0, 0.05) is 0 Å². The van der Waals surface area contributed by atoms with E-state index in [9.17, 15) is 41.5 Å². The van der Waals surface area contributed by atoms with Crippen LogP contribution in [0.1, 0.15) is 12.8 Å². The lowest BCUT2D eigenvalue weighted by Crippen LogP contribution is -2.52. The molecule has 0 saturated carbocycles. The second-order valence-electron chi connectivity index (χ2n) is 4.53. The summed E-state index contributed by atoms with van der Waals surface area (Å²) in [6.07, 6.45) is -1.95. The zero-order valence-electron chi connectivity index (χ0n) is 14.1. The molecule has 0 heterocycles.